The maximum Gasteiger partial charge on any atom is 0.408 e. The maximum absolute atomic E-state index is 12.3. The van der Waals surface area contributed by atoms with Crippen LogP contribution >= 0.6 is 0 Å². The van der Waals surface area contributed by atoms with Crippen molar-refractivity contribution in [3.63, 3.8) is 0 Å². The van der Waals surface area contributed by atoms with E-state index in [4.69, 9.17) is 21.0 Å². The van der Waals surface area contributed by atoms with Gasteiger partial charge in [0, 0.05) is 17.7 Å². The van der Waals surface area contributed by atoms with Crippen molar-refractivity contribution in [3.05, 3.63) is 89.5 Å². The number of benzene rings is 3. The third-order valence-corrected chi connectivity index (χ3v) is 5.93. The van der Waals surface area contributed by atoms with Gasteiger partial charge in [-0.25, -0.2) is 18.4 Å². The Morgan fingerprint density at radius 3 is 2.36 bits per heavy atom. The number of nitrogens with two attached hydrogens (primary N) is 2. The van der Waals surface area contributed by atoms with Gasteiger partial charge >= 0.3 is 6.09 Å². The van der Waals surface area contributed by atoms with Gasteiger partial charge in [-0.3, -0.25) is 5.41 Å². The second-order valence-corrected chi connectivity index (χ2v) is 8.94. The van der Waals surface area contributed by atoms with Crippen molar-refractivity contribution in [1.29, 1.82) is 5.41 Å². The van der Waals surface area contributed by atoms with Crippen molar-refractivity contribution in [2.75, 3.05) is 6.54 Å². The Balaban J connectivity index is 2.01. The fourth-order valence-electron chi connectivity index (χ4n) is 3.36. The van der Waals surface area contributed by atoms with Gasteiger partial charge in [-0.2, -0.15) is 0 Å². The predicted octanol–water partition coefficient (Wildman–Crippen LogP) is 3.51. The fourth-order valence-corrected chi connectivity index (χ4v) is 4.12. The highest BCUT2D eigenvalue weighted by atomic mass is 32.2. The molecule has 0 radical (unpaired) electrons. The Morgan fingerprint density at radius 2 is 1.73 bits per heavy atom. The van der Waals surface area contributed by atoms with Crippen molar-refractivity contribution in [2.45, 2.75) is 24.3 Å². The summed E-state index contributed by atoms with van der Waals surface area (Å²) in [6.45, 7) is 2.41. The fraction of sp³-hybridized carbons (Fsp3) is 0.167. The summed E-state index contributed by atoms with van der Waals surface area (Å²) >= 11 is 0. The molecule has 3 rings (SSSR count). The number of ether oxygens (including phenoxy) is 1. The Labute approximate surface area is 193 Å². The lowest BCUT2D eigenvalue weighted by atomic mass is 9.97. The summed E-state index contributed by atoms with van der Waals surface area (Å²) < 4.78 is 29.6. The molecule has 0 aliphatic rings. The summed E-state index contributed by atoms with van der Waals surface area (Å²) in [4.78, 5) is 12.4. The van der Waals surface area contributed by atoms with Crippen molar-refractivity contribution < 1.29 is 17.9 Å². The number of amides is 1. The Kier molecular flexibility index (Phi) is 7.47. The number of hydrogen-bond acceptors (Lipinski definition) is 5. The van der Waals surface area contributed by atoms with E-state index >= 15 is 0 Å². The highest BCUT2D eigenvalue weighted by Crippen LogP contribution is 2.31. The third kappa shape index (κ3) is 5.97. The van der Waals surface area contributed by atoms with Crippen LogP contribution in [0.15, 0.2) is 77.7 Å². The average Bonchev–Trinajstić information content (AvgIpc) is 2.81. The van der Waals surface area contributed by atoms with E-state index in [1.165, 1.54) is 6.07 Å². The molecule has 172 valence electrons. The molecule has 0 bridgehead atoms. The minimum atomic E-state index is -3.90. The van der Waals surface area contributed by atoms with Crippen LogP contribution in [0.25, 0.3) is 11.1 Å². The van der Waals surface area contributed by atoms with E-state index in [0.717, 1.165) is 6.42 Å². The molecule has 9 heteroatoms. The molecule has 33 heavy (non-hydrogen) atoms. The molecule has 0 aliphatic carbocycles. The first-order valence-corrected chi connectivity index (χ1v) is 11.9. The van der Waals surface area contributed by atoms with Crippen molar-refractivity contribution in [3.8, 4) is 11.1 Å². The summed E-state index contributed by atoms with van der Waals surface area (Å²) in [5, 5.41) is 15.8. The number of sulfonamides is 1. The van der Waals surface area contributed by atoms with Crippen LogP contribution in [0.5, 0.6) is 0 Å². The van der Waals surface area contributed by atoms with Gasteiger partial charge in [-0.1, -0.05) is 67.6 Å². The number of nitrogen functional groups attached to an aromatic ring is 1. The van der Waals surface area contributed by atoms with Gasteiger partial charge in [0.05, 0.1) is 4.90 Å². The van der Waals surface area contributed by atoms with Crippen LogP contribution in [0, 0.1) is 5.41 Å². The Hall–Kier alpha value is -3.69. The van der Waals surface area contributed by atoms with Crippen molar-refractivity contribution in [2.24, 2.45) is 10.9 Å². The minimum absolute atomic E-state index is 0.0265. The molecule has 0 aromatic heterocycles. The quantitative estimate of drug-likeness (QED) is 0.296. The van der Waals surface area contributed by atoms with Gasteiger partial charge in [-0.15, -0.1) is 0 Å². The van der Waals surface area contributed by atoms with Crippen molar-refractivity contribution in [1.82, 2.24) is 5.32 Å². The normalized spacial score (nSPS) is 12.1. The molecule has 0 saturated heterocycles. The molecule has 3 aromatic carbocycles. The van der Waals surface area contributed by atoms with Gasteiger partial charge < -0.3 is 15.8 Å². The van der Waals surface area contributed by atoms with Crippen LogP contribution in [-0.2, 0) is 14.8 Å². The Morgan fingerprint density at radius 1 is 1.03 bits per heavy atom. The summed E-state index contributed by atoms with van der Waals surface area (Å²) in [5.74, 6) is -0.0963. The highest BCUT2D eigenvalue weighted by Gasteiger charge is 2.21. The van der Waals surface area contributed by atoms with Crippen LogP contribution in [0.1, 0.15) is 36.1 Å². The molecule has 0 spiro atoms. The standard InChI is InChI=1S/C24H26N4O4S/c1-2-14-28-24(29)32-22(18-6-5-7-19(15-18)23(25)26)17-12-10-16(11-13-17)20-8-3-4-9-21(20)33(27,30)31/h3-13,15,22H,2,14H2,1H3,(H3,25,26)(H,28,29)(H2,27,30,31). The zero-order chi connectivity index (χ0) is 24.0. The van der Waals surface area contributed by atoms with E-state index in [1.807, 2.05) is 6.92 Å². The average molecular weight is 467 g/mol. The second-order valence-electron chi connectivity index (χ2n) is 7.41. The first kappa shape index (κ1) is 24.0. The van der Waals surface area contributed by atoms with Gasteiger partial charge in [0.25, 0.3) is 0 Å². The maximum atomic E-state index is 12.3. The lowest BCUT2D eigenvalue weighted by molar-refractivity contribution is 0.116. The molecule has 0 fully saturated rings. The molecule has 0 heterocycles. The highest BCUT2D eigenvalue weighted by molar-refractivity contribution is 7.89. The van der Waals surface area contributed by atoms with Crippen LogP contribution in [0.2, 0.25) is 0 Å². The largest absolute Gasteiger partial charge is 0.436 e. The first-order valence-electron chi connectivity index (χ1n) is 10.3. The SMILES string of the molecule is CCCNC(=O)OC(c1ccc(-c2ccccc2S(N)(=O)=O)cc1)c1cccc(C(=N)N)c1. The lowest BCUT2D eigenvalue weighted by Crippen LogP contribution is -2.27. The molecule has 0 aliphatic heterocycles. The second kappa shape index (κ2) is 10.3. The third-order valence-electron chi connectivity index (χ3n) is 4.96. The molecule has 1 unspecified atom stereocenters. The summed E-state index contributed by atoms with van der Waals surface area (Å²) in [6, 6.07) is 20.4. The zero-order valence-electron chi connectivity index (χ0n) is 18.1. The van der Waals surface area contributed by atoms with Gasteiger partial charge in [0.1, 0.15) is 5.84 Å². The van der Waals surface area contributed by atoms with Crippen LogP contribution < -0.4 is 16.2 Å². The Bertz CT molecular complexity index is 1260. The summed E-state index contributed by atoms with van der Waals surface area (Å²) in [7, 11) is -3.90. The molecule has 6 N–H and O–H groups in total. The number of carbonyl (C=O) groups excluding carboxylic acids is 1. The van der Waals surface area contributed by atoms with E-state index < -0.39 is 22.2 Å². The monoisotopic (exact) mass is 466 g/mol. The number of alkyl carbamates (subject to hydrolysis) is 1. The number of amidine groups is 1. The molecule has 8 nitrogen and oxygen atoms in total. The molecular formula is C24H26N4O4S. The molecular weight excluding hydrogens is 440 g/mol. The first-order chi connectivity index (χ1) is 15.7. The number of nitrogens with one attached hydrogen (secondary N) is 2. The lowest BCUT2D eigenvalue weighted by Gasteiger charge is -2.20. The van der Waals surface area contributed by atoms with Crippen LogP contribution in [0.4, 0.5) is 4.79 Å². The zero-order valence-corrected chi connectivity index (χ0v) is 18.9. The number of rotatable bonds is 8. The van der Waals surface area contributed by atoms with E-state index in [1.54, 1.807) is 66.7 Å². The van der Waals surface area contributed by atoms with Gasteiger partial charge in [0.2, 0.25) is 10.0 Å². The molecule has 1 amide bonds. The summed E-state index contributed by atoms with van der Waals surface area (Å²) in [5.41, 5.74) is 8.57. The van der Waals surface area contributed by atoms with E-state index in [9.17, 15) is 13.2 Å². The van der Waals surface area contributed by atoms with Gasteiger partial charge in [0.15, 0.2) is 6.10 Å². The van der Waals surface area contributed by atoms with Gasteiger partial charge in [-0.05, 0) is 35.2 Å². The number of hydrogen-bond donors (Lipinski definition) is 4. The molecule has 1 atom stereocenters. The van der Waals surface area contributed by atoms with E-state index in [2.05, 4.69) is 5.32 Å². The van der Waals surface area contributed by atoms with Crippen molar-refractivity contribution >= 4 is 22.0 Å². The smallest absolute Gasteiger partial charge is 0.408 e. The number of primary sulfonamides is 1. The van der Waals surface area contributed by atoms with Crippen LogP contribution in [0.3, 0.4) is 0 Å². The molecule has 0 saturated carbocycles. The molecule has 3 aromatic rings. The van der Waals surface area contributed by atoms with E-state index in [0.29, 0.717) is 34.4 Å². The summed E-state index contributed by atoms with van der Waals surface area (Å²) in [6.07, 6.45) is -0.569. The predicted molar refractivity (Wildman–Crippen MR) is 127 cm³/mol. The van der Waals surface area contributed by atoms with E-state index in [-0.39, 0.29) is 10.7 Å². The number of carbonyl (C=O) groups is 1. The topological polar surface area (TPSA) is 148 Å². The van der Waals surface area contributed by atoms with Crippen LogP contribution in [-0.4, -0.2) is 26.9 Å². The minimum Gasteiger partial charge on any atom is -0.436 e.